The Labute approximate surface area is 119 Å². The lowest BCUT2D eigenvalue weighted by molar-refractivity contribution is -0.275. The maximum atomic E-state index is 12.7. The Bertz CT molecular complexity index is 555. The number of ether oxygens (including phenoxy) is 3. The Balaban J connectivity index is 3.49. The van der Waals surface area contributed by atoms with E-state index in [2.05, 4.69) is 19.2 Å². The fourth-order valence-corrected chi connectivity index (χ4v) is 1.49. The van der Waals surface area contributed by atoms with Gasteiger partial charge in [-0.05, 0) is 0 Å². The predicted molar refractivity (Wildman–Crippen MR) is 58.2 cm³/mol. The Morgan fingerprint density at radius 3 is 2.14 bits per heavy atom. The van der Waals surface area contributed by atoms with Crippen LogP contribution in [0.15, 0.2) is 6.20 Å². The summed E-state index contributed by atoms with van der Waals surface area (Å²) in [4.78, 5) is 14.1. The highest BCUT2D eigenvalue weighted by atomic mass is 19.4. The third-order valence-electron chi connectivity index (χ3n) is 2.32. The van der Waals surface area contributed by atoms with Gasteiger partial charge in [0.05, 0.1) is 20.6 Å². The lowest BCUT2D eigenvalue weighted by Crippen LogP contribution is -2.21. The van der Waals surface area contributed by atoms with Crippen LogP contribution in [0.25, 0.3) is 0 Å². The van der Waals surface area contributed by atoms with Crippen LogP contribution in [0.2, 0.25) is 0 Å². The summed E-state index contributed by atoms with van der Waals surface area (Å²) >= 11 is 0. The summed E-state index contributed by atoms with van der Waals surface area (Å²) in [6.07, 6.45) is -10.7. The molecule has 0 unspecified atom stereocenters. The third kappa shape index (κ3) is 4.40. The number of esters is 1. The minimum atomic E-state index is -5.29. The van der Waals surface area contributed by atoms with E-state index in [1.54, 1.807) is 0 Å². The van der Waals surface area contributed by atoms with Gasteiger partial charge in [-0.15, -0.1) is 13.2 Å². The second kappa shape index (κ2) is 6.28. The lowest BCUT2D eigenvalue weighted by Gasteiger charge is -2.19. The first-order valence-electron chi connectivity index (χ1n) is 5.45. The summed E-state index contributed by atoms with van der Waals surface area (Å²) in [5, 5.41) is 0. The van der Waals surface area contributed by atoms with Gasteiger partial charge in [-0.3, -0.25) is 4.79 Å². The molecule has 0 N–H and O–H groups in total. The number of aromatic nitrogens is 1. The van der Waals surface area contributed by atoms with E-state index in [-0.39, 0.29) is 0 Å². The van der Waals surface area contributed by atoms with Crippen molar-refractivity contribution in [2.75, 3.05) is 14.2 Å². The number of carbonyl (C=O) groups excluding carboxylic acids is 1. The Kier molecular flexibility index (Phi) is 5.09. The monoisotopic (exact) mass is 333 g/mol. The molecule has 1 heterocycles. The van der Waals surface area contributed by atoms with Crippen molar-refractivity contribution in [2.45, 2.75) is 19.0 Å². The van der Waals surface area contributed by atoms with Crippen LogP contribution >= 0.6 is 0 Å². The van der Waals surface area contributed by atoms with Crippen LogP contribution in [0.3, 0.4) is 0 Å². The predicted octanol–water partition coefficient (Wildman–Crippen LogP) is 2.72. The zero-order chi connectivity index (χ0) is 17.1. The zero-order valence-electron chi connectivity index (χ0n) is 11.1. The number of carbonyl (C=O) groups is 1. The maximum absolute atomic E-state index is 12.7. The molecule has 124 valence electrons. The van der Waals surface area contributed by atoms with Gasteiger partial charge >= 0.3 is 18.5 Å². The summed E-state index contributed by atoms with van der Waals surface area (Å²) in [7, 11) is 1.68. The van der Waals surface area contributed by atoms with E-state index >= 15 is 0 Å². The van der Waals surface area contributed by atoms with Gasteiger partial charge in [-0.2, -0.15) is 13.2 Å². The van der Waals surface area contributed by atoms with Gasteiger partial charge in [0, 0.05) is 11.8 Å². The molecule has 22 heavy (non-hydrogen) atoms. The van der Waals surface area contributed by atoms with E-state index in [0.717, 1.165) is 14.2 Å². The minimum Gasteiger partial charge on any atom is -0.491 e. The highest BCUT2D eigenvalue weighted by molar-refractivity contribution is 5.74. The fraction of sp³-hybridized carbons (Fsp3) is 0.455. The normalized spacial score (nSPS) is 12.0. The number of alkyl halides is 6. The van der Waals surface area contributed by atoms with Crippen molar-refractivity contribution in [3.05, 3.63) is 17.5 Å². The Morgan fingerprint density at radius 1 is 1.14 bits per heavy atom. The largest absolute Gasteiger partial charge is 0.573 e. The molecule has 0 spiro atoms. The van der Waals surface area contributed by atoms with Gasteiger partial charge in [0.15, 0.2) is 17.2 Å². The van der Waals surface area contributed by atoms with Crippen LogP contribution in [-0.4, -0.2) is 31.5 Å². The third-order valence-corrected chi connectivity index (χ3v) is 2.32. The topological polar surface area (TPSA) is 57.7 Å². The molecule has 0 aliphatic heterocycles. The van der Waals surface area contributed by atoms with E-state index < -0.39 is 47.7 Å². The van der Waals surface area contributed by atoms with E-state index in [1.165, 1.54) is 0 Å². The molecular weight excluding hydrogens is 324 g/mol. The molecule has 11 heteroatoms. The van der Waals surface area contributed by atoms with Crippen molar-refractivity contribution in [1.82, 2.24) is 4.98 Å². The van der Waals surface area contributed by atoms with Gasteiger partial charge < -0.3 is 14.2 Å². The molecule has 0 amide bonds. The number of hydrogen-bond acceptors (Lipinski definition) is 5. The van der Waals surface area contributed by atoms with Crippen molar-refractivity contribution >= 4 is 5.97 Å². The van der Waals surface area contributed by atoms with Crippen LogP contribution in [-0.2, 0) is 22.1 Å². The Hall–Kier alpha value is -2.20. The number of nitrogens with zero attached hydrogens (tertiary/aromatic N) is 1. The summed E-state index contributed by atoms with van der Waals surface area (Å²) < 4.78 is 87.5. The Morgan fingerprint density at radius 2 is 1.73 bits per heavy atom. The molecule has 0 aromatic carbocycles. The first kappa shape index (κ1) is 17.9. The number of rotatable bonds is 4. The molecule has 1 aromatic rings. The highest BCUT2D eigenvalue weighted by Crippen LogP contribution is 2.43. The SMILES string of the molecule is COC(=O)Cc1cnc(C(F)(F)F)c(OC)c1OC(F)(F)F. The summed E-state index contributed by atoms with van der Waals surface area (Å²) in [6.45, 7) is 0. The van der Waals surface area contributed by atoms with Crippen molar-refractivity contribution < 1.29 is 45.3 Å². The summed E-state index contributed by atoms with van der Waals surface area (Å²) in [6, 6.07) is 0. The lowest BCUT2D eigenvalue weighted by atomic mass is 10.1. The minimum absolute atomic E-state index is 0.448. The molecule has 0 aliphatic carbocycles. The molecule has 1 rings (SSSR count). The van der Waals surface area contributed by atoms with E-state index in [9.17, 15) is 31.1 Å². The van der Waals surface area contributed by atoms with Crippen LogP contribution in [0.5, 0.6) is 11.5 Å². The van der Waals surface area contributed by atoms with Crippen molar-refractivity contribution in [2.24, 2.45) is 0 Å². The highest BCUT2D eigenvalue weighted by Gasteiger charge is 2.41. The molecule has 0 saturated carbocycles. The van der Waals surface area contributed by atoms with Crippen LogP contribution < -0.4 is 9.47 Å². The number of hydrogen-bond donors (Lipinski definition) is 0. The van der Waals surface area contributed by atoms with Crippen LogP contribution in [0.1, 0.15) is 11.3 Å². The molecule has 0 aliphatic rings. The average molecular weight is 333 g/mol. The maximum Gasteiger partial charge on any atom is 0.573 e. The summed E-state index contributed by atoms with van der Waals surface area (Å²) in [5.74, 6) is -3.55. The van der Waals surface area contributed by atoms with Gasteiger partial charge in [0.2, 0.25) is 0 Å². The van der Waals surface area contributed by atoms with Gasteiger partial charge in [0.1, 0.15) is 0 Å². The zero-order valence-corrected chi connectivity index (χ0v) is 11.1. The van der Waals surface area contributed by atoms with Crippen molar-refractivity contribution in [1.29, 1.82) is 0 Å². The van der Waals surface area contributed by atoms with Crippen molar-refractivity contribution in [3.63, 3.8) is 0 Å². The molecule has 0 saturated heterocycles. The van der Waals surface area contributed by atoms with Gasteiger partial charge in [0.25, 0.3) is 0 Å². The number of pyridine rings is 1. The molecule has 0 atom stereocenters. The van der Waals surface area contributed by atoms with Crippen LogP contribution in [0.4, 0.5) is 26.3 Å². The smallest absolute Gasteiger partial charge is 0.491 e. The first-order valence-corrected chi connectivity index (χ1v) is 5.45. The number of methoxy groups -OCH3 is 2. The standard InChI is InChI=1S/C11H9F6NO4/c1-20-6(19)3-5-4-18-9(10(12,13)14)8(21-2)7(5)22-11(15,16)17/h4H,3H2,1-2H3. The van der Waals surface area contributed by atoms with Crippen LogP contribution in [0, 0.1) is 0 Å². The van der Waals surface area contributed by atoms with Gasteiger partial charge in [-0.25, -0.2) is 4.98 Å². The molecule has 0 bridgehead atoms. The van der Waals surface area contributed by atoms with E-state index in [1.807, 2.05) is 0 Å². The quantitative estimate of drug-likeness (QED) is 0.626. The second-order valence-corrected chi connectivity index (χ2v) is 3.79. The summed E-state index contributed by atoms with van der Waals surface area (Å²) in [5.41, 5.74) is -2.27. The molecular formula is C11H9F6NO4. The average Bonchev–Trinajstić information content (AvgIpc) is 2.37. The molecule has 1 aromatic heterocycles. The van der Waals surface area contributed by atoms with E-state index in [0.29, 0.717) is 6.20 Å². The molecule has 0 fully saturated rings. The van der Waals surface area contributed by atoms with Gasteiger partial charge in [-0.1, -0.05) is 0 Å². The first-order chi connectivity index (χ1) is 9.99. The van der Waals surface area contributed by atoms with E-state index in [4.69, 9.17) is 0 Å². The second-order valence-electron chi connectivity index (χ2n) is 3.79. The molecule has 5 nitrogen and oxygen atoms in total. The number of halogens is 6. The fourth-order valence-electron chi connectivity index (χ4n) is 1.49. The van der Waals surface area contributed by atoms with Crippen molar-refractivity contribution in [3.8, 4) is 11.5 Å². The molecule has 0 radical (unpaired) electrons.